The third-order valence-electron chi connectivity index (χ3n) is 3.65. The topological polar surface area (TPSA) is 56.3 Å². The molecule has 0 unspecified atom stereocenters. The second-order valence-electron chi connectivity index (χ2n) is 5.15. The van der Waals surface area contributed by atoms with E-state index in [0.717, 1.165) is 0 Å². The van der Waals surface area contributed by atoms with Crippen LogP contribution in [-0.4, -0.2) is 33.5 Å². The molecule has 110 valence electrons. The number of likely N-dealkylation sites (tertiary alicyclic amines) is 1. The first-order valence-corrected chi connectivity index (χ1v) is 7.01. The van der Waals surface area contributed by atoms with Crippen LogP contribution in [0.25, 0.3) is 0 Å². The molecule has 3 rings (SSSR count). The number of halogens is 2. The van der Waals surface area contributed by atoms with Gasteiger partial charge in [0.25, 0.3) is 5.91 Å². The van der Waals surface area contributed by atoms with Gasteiger partial charge >= 0.3 is 0 Å². The number of carbonyl (C=O) groups excluding carboxylic acids is 1. The Hall–Kier alpha value is -1.85. The molecule has 21 heavy (non-hydrogen) atoms. The van der Waals surface area contributed by atoms with Gasteiger partial charge in [-0.05, 0) is 30.2 Å². The van der Waals surface area contributed by atoms with E-state index in [1.165, 1.54) is 24.4 Å². The molecular weight excluding hydrogens is 295 g/mol. The number of aliphatic hydroxyl groups is 1. The van der Waals surface area contributed by atoms with E-state index in [1.807, 2.05) is 0 Å². The van der Waals surface area contributed by atoms with Crippen LogP contribution in [-0.2, 0) is 0 Å². The minimum atomic E-state index is -0.618. The lowest BCUT2D eigenvalue weighted by Crippen LogP contribution is -2.32. The fourth-order valence-electron chi connectivity index (χ4n) is 2.71. The van der Waals surface area contributed by atoms with Crippen LogP contribution in [0.4, 0.5) is 4.39 Å². The van der Waals surface area contributed by atoms with Crippen molar-refractivity contribution in [3.63, 3.8) is 0 Å². The number of hydrogen-bond donors (Lipinski definition) is 2. The lowest BCUT2D eigenvalue weighted by Gasteiger charge is -2.24. The van der Waals surface area contributed by atoms with E-state index in [2.05, 4.69) is 4.98 Å². The summed E-state index contributed by atoms with van der Waals surface area (Å²) < 4.78 is 13.4. The zero-order valence-corrected chi connectivity index (χ0v) is 11.8. The largest absolute Gasteiger partial charge is 0.391 e. The minimum Gasteiger partial charge on any atom is -0.391 e. The van der Waals surface area contributed by atoms with Crippen LogP contribution in [0.15, 0.2) is 36.5 Å². The fourth-order valence-corrected chi connectivity index (χ4v) is 2.88. The van der Waals surface area contributed by atoms with Crippen molar-refractivity contribution in [3.8, 4) is 0 Å². The summed E-state index contributed by atoms with van der Waals surface area (Å²) in [6.45, 7) is 0.219. The number of aromatic amines is 1. The van der Waals surface area contributed by atoms with E-state index < -0.39 is 6.10 Å². The molecule has 1 aromatic carbocycles. The number of H-pyrrole nitrogens is 1. The van der Waals surface area contributed by atoms with Crippen LogP contribution in [0.1, 0.15) is 28.5 Å². The van der Waals surface area contributed by atoms with Crippen molar-refractivity contribution in [2.45, 2.75) is 18.6 Å². The number of β-amino-alcohol motifs (C(OH)–C–C–N with tert-alkyl or cyclic N) is 1. The predicted octanol–water partition coefficient (Wildman–Crippen LogP) is 2.76. The smallest absolute Gasteiger partial charge is 0.270 e. The van der Waals surface area contributed by atoms with Gasteiger partial charge < -0.3 is 15.0 Å². The molecule has 1 aliphatic heterocycles. The highest BCUT2D eigenvalue weighted by Crippen LogP contribution is 2.33. The summed E-state index contributed by atoms with van der Waals surface area (Å²) in [4.78, 5) is 16.9. The summed E-state index contributed by atoms with van der Waals surface area (Å²) in [5.41, 5.74) is 1.04. The molecule has 1 aromatic heterocycles. The van der Waals surface area contributed by atoms with Gasteiger partial charge in [-0.1, -0.05) is 23.7 Å². The lowest BCUT2D eigenvalue weighted by molar-refractivity contribution is 0.0710. The van der Waals surface area contributed by atoms with E-state index in [9.17, 15) is 14.3 Å². The summed E-state index contributed by atoms with van der Waals surface area (Å²) in [5, 5.41) is 10.3. The zero-order valence-electron chi connectivity index (χ0n) is 11.1. The third-order valence-corrected chi connectivity index (χ3v) is 3.87. The van der Waals surface area contributed by atoms with Crippen molar-refractivity contribution < 1.29 is 14.3 Å². The normalized spacial score (nSPS) is 21.8. The van der Waals surface area contributed by atoms with Crippen LogP contribution < -0.4 is 0 Å². The average molecular weight is 309 g/mol. The summed E-state index contributed by atoms with van der Waals surface area (Å²) >= 11 is 5.81. The molecule has 2 N–H and O–H groups in total. The van der Waals surface area contributed by atoms with E-state index in [1.54, 1.807) is 17.0 Å². The second kappa shape index (κ2) is 5.50. The Bertz CT molecular complexity index is 673. The van der Waals surface area contributed by atoms with Crippen molar-refractivity contribution >= 4 is 17.5 Å². The first-order valence-electron chi connectivity index (χ1n) is 6.63. The minimum absolute atomic E-state index is 0.219. The van der Waals surface area contributed by atoms with E-state index >= 15 is 0 Å². The molecule has 1 amide bonds. The number of aliphatic hydroxyl groups excluding tert-OH is 1. The Balaban J connectivity index is 1.91. The number of benzene rings is 1. The maximum Gasteiger partial charge on any atom is 0.270 e. The quantitative estimate of drug-likeness (QED) is 0.896. The van der Waals surface area contributed by atoms with Gasteiger partial charge in [0.1, 0.15) is 11.5 Å². The SMILES string of the molecule is O=C(c1cc(Cl)c[nH]1)N1C[C@@H](O)C[C@@H]1c1cccc(F)c1. The highest BCUT2D eigenvalue weighted by molar-refractivity contribution is 6.30. The van der Waals surface area contributed by atoms with Crippen molar-refractivity contribution in [3.05, 3.63) is 58.6 Å². The molecule has 2 heterocycles. The van der Waals surface area contributed by atoms with Crippen molar-refractivity contribution in [1.29, 1.82) is 0 Å². The van der Waals surface area contributed by atoms with Crippen LogP contribution in [0.5, 0.6) is 0 Å². The van der Waals surface area contributed by atoms with E-state index in [-0.39, 0.29) is 24.3 Å². The Morgan fingerprint density at radius 2 is 2.24 bits per heavy atom. The third kappa shape index (κ3) is 2.80. The fraction of sp³-hybridized carbons (Fsp3) is 0.267. The highest BCUT2D eigenvalue weighted by atomic mass is 35.5. The first kappa shape index (κ1) is 14.1. The summed E-state index contributed by atoms with van der Waals surface area (Å²) in [6, 6.07) is 7.30. The Morgan fingerprint density at radius 1 is 1.43 bits per heavy atom. The molecule has 2 atom stereocenters. The van der Waals surface area contributed by atoms with E-state index in [4.69, 9.17) is 11.6 Å². The molecule has 6 heteroatoms. The monoisotopic (exact) mass is 308 g/mol. The van der Waals surface area contributed by atoms with Crippen molar-refractivity contribution in [2.75, 3.05) is 6.54 Å². The Labute approximate surface area is 126 Å². The predicted molar refractivity (Wildman–Crippen MR) is 76.6 cm³/mol. The van der Waals surface area contributed by atoms with Crippen LogP contribution in [0.3, 0.4) is 0 Å². The molecule has 0 bridgehead atoms. The van der Waals surface area contributed by atoms with Gasteiger partial charge in [-0.3, -0.25) is 4.79 Å². The molecule has 0 saturated carbocycles. The molecule has 1 aliphatic rings. The first-order chi connectivity index (χ1) is 10.0. The van der Waals surface area contributed by atoms with Gasteiger partial charge in [0.2, 0.25) is 0 Å². The standard InChI is InChI=1S/C15H14ClFN2O2/c16-10-5-13(18-7-10)15(21)19-8-12(20)6-14(19)9-2-1-3-11(17)4-9/h1-5,7,12,14,18,20H,6,8H2/t12-,14+/m0/s1. The summed E-state index contributed by atoms with van der Waals surface area (Å²) in [7, 11) is 0. The molecular formula is C15H14ClFN2O2. The molecule has 1 fully saturated rings. The molecule has 0 radical (unpaired) electrons. The van der Waals surface area contributed by atoms with Gasteiger partial charge in [-0.2, -0.15) is 0 Å². The molecule has 0 spiro atoms. The van der Waals surface area contributed by atoms with Crippen molar-refractivity contribution in [1.82, 2.24) is 9.88 Å². The number of carbonyl (C=O) groups is 1. The highest BCUT2D eigenvalue weighted by Gasteiger charge is 2.36. The molecule has 2 aromatic rings. The Kier molecular flexibility index (Phi) is 3.69. The number of nitrogens with one attached hydrogen (secondary N) is 1. The Morgan fingerprint density at radius 3 is 2.90 bits per heavy atom. The molecule has 4 nitrogen and oxygen atoms in total. The molecule has 1 saturated heterocycles. The lowest BCUT2D eigenvalue weighted by atomic mass is 10.0. The summed E-state index contributed by atoms with van der Waals surface area (Å²) in [6.07, 6.45) is 1.30. The second-order valence-corrected chi connectivity index (χ2v) is 5.59. The number of hydrogen-bond acceptors (Lipinski definition) is 2. The maximum atomic E-state index is 13.4. The van der Waals surface area contributed by atoms with Gasteiger partial charge in [0.05, 0.1) is 17.2 Å². The van der Waals surface area contributed by atoms with Gasteiger partial charge in [-0.15, -0.1) is 0 Å². The van der Waals surface area contributed by atoms with Crippen LogP contribution in [0, 0.1) is 5.82 Å². The number of aromatic nitrogens is 1. The van der Waals surface area contributed by atoms with Crippen LogP contribution >= 0.6 is 11.6 Å². The zero-order chi connectivity index (χ0) is 15.0. The maximum absolute atomic E-state index is 13.4. The summed E-state index contributed by atoms with van der Waals surface area (Å²) in [5.74, 6) is -0.614. The van der Waals surface area contributed by atoms with E-state index in [0.29, 0.717) is 22.7 Å². The van der Waals surface area contributed by atoms with Gasteiger partial charge in [-0.25, -0.2) is 4.39 Å². The number of rotatable bonds is 2. The van der Waals surface area contributed by atoms with Gasteiger partial charge in [0.15, 0.2) is 0 Å². The van der Waals surface area contributed by atoms with Gasteiger partial charge in [0, 0.05) is 12.7 Å². The van der Waals surface area contributed by atoms with Crippen LogP contribution in [0.2, 0.25) is 5.02 Å². The number of nitrogens with zero attached hydrogens (tertiary/aromatic N) is 1. The average Bonchev–Trinajstić information content (AvgIpc) is 3.04. The molecule has 0 aliphatic carbocycles. The van der Waals surface area contributed by atoms with Crippen molar-refractivity contribution in [2.24, 2.45) is 0 Å². The number of amides is 1.